The summed E-state index contributed by atoms with van der Waals surface area (Å²) in [7, 11) is 0. The molecule has 0 bridgehead atoms. The van der Waals surface area contributed by atoms with E-state index in [-0.39, 0.29) is 37.7 Å². The highest BCUT2D eigenvalue weighted by Crippen LogP contribution is 2.60. The number of rotatable bonds is 8. The molecule has 6 rings (SSSR count). The molecule has 0 saturated heterocycles. The Labute approximate surface area is 387 Å². The Balaban J connectivity index is 0.000000485. The Bertz CT molecular complexity index is 1440. The molecule has 0 aromatic rings. The molecule has 0 aromatic carbocycles. The summed E-state index contributed by atoms with van der Waals surface area (Å²) in [5, 5.41) is 63.0. The number of hydrogen-bond acceptors (Lipinski definition) is 8. The van der Waals surface area contributed by atoms with Gasteiger partial charge in [0.15, 0.2) is 0 Å². The summed E-state index contributed by atoms with van der Waals surface area (Å²) in [4.78, 5) is 0. The standard InChI is InChI=1S/C28H44O.C13H24O2.C9H14O2.CH2Cl2.CH4.H2O3/c1-19(2)20(3)9-10-22(5)26-15-16-27-23(8-7-17-28(26,27)6)12-13-24-18-25(29)14-11-21(24)4;1-9(8-14)10-5-6-11-12(15)4-3-7-13(10,11)2;1-7-2-3-9(11)6-8(7)4-5-10;2-1-3;;1-3-2/h9-10,12-13,19-20,22,25-27,29H,4,7-8,11,14-18H2,1-3,5-6H3;9-12,14-15H,3-8H2,1-2H3;4,9-11H,1-3,5-6H2;1H2;1H4;1-2H/b10-9+,23-12+,24-13-;;8-4-;;;/t20?,22?,25?,26?,27?,28-;9?,10?,11?,12-,13+;;;;/m10..../s1. The van der Waals surface area contributed by atoms with Crippen molar-refractivity contribution in [1.29, 1.82) is 0 Å². The molecular formula is C52H90Cl2O8. The lowest BCUT2D eigenvalue weighted by Crippen LogP contribution is -2.41. The SMILES string of the molecule is C.C=C1CCC(O)C/C1=C/C=C1\CCC[C@@]2(C)C1CCC2C(C)/C=C/C(C)C(C)C.C=C1CCC(O)C/C1=C/CO.CC(CO)C1CCC2[C@@H](O)CCC[C@]12C.ClCCl.OOO. The summed E-state index contributed by atoms with van der Waals surface area (Å²) < 4.78 is 0. The zero-order valence-electron chi connectivity index (χ0n) is 38.9. The Hall–Kier alpha value is -1.30. The molecule has 7 N–H and O–H groups in total. The molecule has 12 atom stereocenters. The number of fused-ring (bicyclic) bond motifs is 2. The number of allylic oxidation sites excluding steroid dienone is 7. The van der Waals surface area contributed by atoms with Crippen LogP contribution in [-0.4, -0.2) is 72.9 Å². The van der Waals surface area contributed by atoms with E-state index in [1.165, 1.54) is 56.1 Å². The molecule has 6 aliphatic carbocycles. The van der Waals surface area contributed by atoms with Gasteiger partial charge in [0.2, 0.25) is 0 Å². The summed E-state index contributed by atoms with van der Waals surface area (Å²) in [5.41, 5.74) is 6.98. The number of halogens is 2. The van der Waals surface area contributed by atoms with Crippen molar-refractivity contribution in [1.82, 2.24) is 0 Å². The molecule has 0 heterocycles. The lowest BCUT2D eigenvalue weighted by atomic mass is 9.61. The normalized spacial score (nSPS) is 35.2. The van der Waals surface area contributed by atoms with E-state index in [0.717, 1.165) is 80.3 Å². The quantitative estimate of drug-likeness (QED) is 0.0550. The van der Waals surface area contributed by atoms with Crippen LogP contribution in [0.1, 0.15) is 159 Å². The van der Waals surface area contributed by atoms with E-state index < -0.39 is 0 Å². The third-order valence-electron chi connectivity index (χ3n) is 15.8. The fourth-order valence-corrected chi connectivity index (χ4v) is 11.8. The van der Waals surface area contributed by atoms with Crippen LogP contribution in [0.15, 0.2) is 71.4 Å². The molecule has 62 heavy (non-hydrogen) atoms. The van der Waals surface area contributed by atoms with Crippen molar-refractivity contribution in [3.63, 3.8) is 0 Å². The lowest BCUT2D eigenvalue weighted by Gasteiger charge is -2.45. The fourth-order valence-electron chi connectivity index (χ4n) is 11.8. The molecule has 0 spiro atoms. The smallest absolute Gasteiger partial charge is 0.0967 e. The molecule has 0 aromatic heterocycles. The van der Waals surface area contributed by atoms with Gasteiger partial charge in [-0.25, -0.2) is 10.5 Å². The molecule has 0 radical (unpaired) electrons. The van der Waals surface area contributed by atoms with Crippen molar-refractivity contribution in [2.75, 3.05) is 18.6 Å². The molecule has 10 heteroatoms. The van der Waals surface area contributed by atoms with E-state index in [4.69, 9.17) is 38.8 Å². The van der Waals surface area contributed by atoms with E-state index in [1.807, 2.05) is 0 Å². The Morgan fingerprint density at radius 3 is 1.84 bits per heavy atom. The maximum Gasteiger partial charge on any atom is 0.0967 e. The molecule has 0 aliphatic heterocycles. The topological polar surface area (TPSA) is 151 Å². The molecule has 360 valence electrons. The third kappa shape index (κ3) is 16.8. The third-order valence-corrected chi connectivity index (χ3v) is 15.8. The summed E-state index contributed by atoms with van der Waals surface area (Å²) in [5.74, 6) is 5.07. The number of alkyl halides is 2. The second-order valence-corrected chi connectivity index (χ2v) is 20.7. The molecule has 8 nitrogen and oxygen atoms in total. The number of hydrogen-bond donors (Lipinski definition) is 7. The molecular weight excluding hydrogens is 823 g/mol. The molecule has 0 amide bonds. The van der Waals surface area contributed by atoms with Gasteiger partial charge in [-0.2, -0.15) is 0 Å². The number of aliphatic hydroxyl groups is 5. The maximum atomic E-state index is 10.1. The Morgan fingerprint density at radius 1 is 0.726 bits per heavy atom. The van der Waals surface area contributed by atoms with Gasteiger partial charge >= 0.3 is 0 Å². The summed E-state index contributed by atoms with van der Waals surface area (Å²) in [6, 6.07) is 0. The van der Waals surface area contributed by atoms with Gasteiger partial charge in [0.1, 0.15) is 0 Å². The Kier molecular flexibility index (Phi) is 27.8. The van der Waals surface area contributed by atoms with Gasteiger partial charge in [-0.15, -0.1) is 23.2 Å². The van der Waals surface area contributed by atoms with Crippen LogP contribution >= 0.6 is 23.2 Å². The average Bonchev–Trinajstić information content (AvgIpc) is 3.77. The minimum Gasteiger partial charge on any atom is -0.396 e. The number of aliphatic hydroxyl groups excluding tert-OH is 5. The van der Waals surface area contributed by atoms with Crippen molar-refractivity contribution in [2.24, 2.45) is 58.2 Å². The van der Waals surface area contributed by atoms with Crippen LogP contribution in [0.5, 0.6) is 0 Å². The Morgan fingerprint density at radius 2 is 1.27 bits per heavy atom. The molecule has 6 fully saturated rings. The predicted molar refractivity (Wildman–Crippen MR) is 260 cm³/mol. The van der Waals surface area contributed by atoms with Gasteiger partial charge in [-0.1, -0.05) is 128 Å². The van der Waals surface area contributed by atoms with Gasteiger partial charge in [0, 0.05) is 6.61 Å². The van der Waals surface area contributed by atoms with Gasteiger partial charge < -0.3 is 25.5 Å². The highest BCUT2D eigenvalue weighted by Gasteiger charge is 2.52. The van der Waals surface area contributed by atoms with Crippen molar-refractivity contribution in [3.05, 3.63) is 71.4 Å². The first kappa shape index (κ1) is 58.7. The average molecular weight is 914 g/mol. The highest BCUT2D eigenvalue weighted by atomic mass is 35.5. The lowest BCUT2D eigenvalue weighted by molar-refractivity contribution is -0.465. The second-order valence-electron chi connectivity index (χ2n) is 19.9. The molecule has 9 unspecified atom stereocenters. The highest BCUT2D eigenvalue weighted by molar-refractivity contribution is 6.40. The van der Waals surface area contributed by atoms with Crippen LogP contribution in [0.3, 0.4) is 0 Å². The first-order valence-corrected chi connectivity index (χ1v) is 24.4. The first-order chi connectivity index (χ1) is 28.9. The van der Waals surface area contributed by atoms with E-state index in [1.54, 1.807) is 11.6 Å². The fraction of sp³-hybridized carbons (Fsp3) is 0.769. The zero-order valence-corrected chi connectivity index (χ0v) is 40.4. The molecule has 6 saturated carbocycles. The largest absolute Gasteiger partial charge is 0.396 e. The summed E-state index contributed by atoms with van der Waals surface area (Å²) in [6.45, 7) is 24.9. The van der Waals surface area contributed by atoms with Crippen LogP contribution in [0, 0.1) is 58.2 Å². The van der Waals surface area contributed by atoms with Gasteiger partial charge in [0.05, 0.1) is 30.3 Å². The zero-order chi connectivity index (χ0) is 45.9. The van der Waals surface area contributed by atoms with Crippen LogP contribution in [0.4, 0.5) is 0 Å². The van der Waals surface area contributed by atoms with E-state index >= 15 is 0 Å². The monoisotopic (exact) mass is 913 g/mol. The van der Waals surface area contributed by atoms with Crippen molar-refractivity contribution in [3.8, 4) is 0 Å². The first-order valence-electron chi connectivity index (χ1n) is 23.3. The van der Waals surface area contributed by atoms with Crippen LogP contribution in [0.25, 0.3) is 0 Å². The van der Waals surface area contributed by atoms with Gasteiger partial charge in [-0.05, 0) is 166 Å². The minimum atomic E-state index is -0.238. The maximum absolute atomic E-state index is 10.1. The predicted octanol–water partition coefficient (Wildman–Crippen LogP) is 12.8. The van der Waals surface area contributed by atoms with Crippen LogP contribution < -0.4 is 0 Å². The van der Waals surface area contributed by atoms with Gasteiger partial charge in [0.25, 0.3) is 0 Å². The summed E-state index contributed by atoms with van der Waals surface area (Å²) >= 11 is 9.53. The molecule has 6 aliphatic rings. The van der Waals surface area contributed by atoms with E-state index in [0.29, 0.717) is 53.4 Å². The van der Waals surface area contributed by atoms with Crippen LogP contribution in [0.2, 0.25) is 0 Å². The van der Waals surface area contributed by atoms with Crippen molar-refractivity contribution in [2.45, 2.75) is 177 Å². The second kappa shape index (κ2) is 29.4. The van der Waals surface area contributed by atoms with Gasteiger partial charge in [-0.3, -0.25) is 0 Å². The van der Waals surface area contributed by atoms with E-state index in [9.17, 15) is 20.4 Å². The summed E-state index contributed by atoms with van der Waals surface area (Å²) in [6.07, 6.45) is 28.2. The van der Waals surface area contributed by atoms with E-state index in [2.05, 4.69) is 91.0 Å². The minimum absolute atomic E-state index is 0. The van der Waals surface area contributed by atoms with Crippen molar-refractivity contribution >= 4 is 23.2 Å². The van der Waals surface area contributed by atoms with Crippen molar-refractivity contribution < 1.29 is 41.1 Å². The van der Waals surface area contributed by atoms with Crippen LogP contribution in [-0.2, 0) is 5.04 Å².